The van der Waals surface area contributed by atoms with E-state index >= 15 is 0 Å². The van der Waals surface area contributed by atoms with Gasteiger partial charge in [0.2, 0.25) is 0 Å². The van der Waals surface area contributed by atoms with Crippen molar-refractivity contribution in [3.05, 3.63) is 28.8 Å². The van der Waals surface area contributed by atoms with Crippen molar-refractivity contribution < 1.29 is 19.0 Å². The highest BCUT2D eigenvalue weighted by Gasteiger charge is 2.35. The number of ether oxygens (including phenoxy) is 3. The first-order valence-corrected chi connectivity index (χ1v) is 7.63. The van der Waals surface area contributed by atoms with Gasteiger partial charge in [0.15, 0.2) is 6.61 Å². The molecule has 0 bridgehead atoms. The maximum Gasteiger partial charge on any atom is 0.260 e. The van der Waals surface area contributed by atoms with Crippen molar-refractivity contribution in [3.63, 3.8) is 0 Å². The molecule has 0 radical (unpaired) electrons. The number of hydrogen-bond acceptors (Lipinski definition) is 4. The number of benzene rings is 1. The lowest BCUT2D eigenvalue weighted by atomic mass is 10.2. The Bertz CT molecular complexity index is 523. The minimum Gasteiger partial charge on any atom is -0.483 e. The van der Waals surface area contributed by atoms with E-state index in [1.54, 1.807) is 31.3 Å². The molecule has 22 heavy (non-hydrogen) atoms. The van der Waals surface area contributed by atoms with Gasteiger partial charge in [-0.05, 0) is 37.1 Å². The molecule has 0 spiro atoms. The number of rotatable bonds is 6. The molecule has 6 heteroatoms. The average Bonchev–Trinajstić information content (AvgIpc) is 2.90. The maximum absolute atomic E-state index is 12.4. The number of halogens is 1. The molecular weight excluding hydrogens is 306 g/mol. The van der Waals surface area contributed by atoms with Gasteiger partial charge >= 0.3 is 0 Å². The Balaban J connectivity index is 1.95. The van der Waals surface area contributed by atoms with Gasteiger partial charge in [-0.1, -0.05) is 11.6 Å². The van der Waals surface area contributed by atoms with Gasteiger partial charge in [-0.15, -0.1) is 0 Å². The van der Waals surface area contributed by atoms with Gasteiger partial charge in [0.1, 0.15) is 5.75 Å². The fourth-order valence-electron chi connectivity index (χ4n) is 2.70. The zero-order valence-electron chi connectivity index (χ0n) is 13.2. The summed E-state index contributed by atoms with van der Waals surface area (Å²) in [7, 11) is 3.30. The molecule has 2 rings (SSSR count). The van der Waals surface area contributed by atoms with Crippen LogP contribution in [0, 0.1) is 6.92 Å². The first-order chi connectivity index (χ1) is 10.5. The van der Waals surface area contributed by atoms with Gasteiger partial charge in [-0.2, -0.15) is 0 Å². The van der Waals surface area contributed by atoms with Crippen molar-refractivity contribution in [2.45, 2.75) is 25.5 Å². The summed E-state index contributed by atoms with van der Waals surface area (Å²) < 4.78 is 16.2. The molecule has 122 valence electrons. The van der Waals surface area contributed by atoms with E-state index in [0.717, 1.165) is 12.0 Å². The zero-order valence-corrected chi connectivity index (χ0v) is 13.9. The van der Waals surface area contributed by atoms with Gasteiger partial charge < -0.3 is 19.1 Å². The molecule has 1 aromatic carbocycles. The van der Waals surface area contributed by atoms with Crippen molar-refractivity contribution in [2.24, 2.45) is 0 Å². The number of nitrogens with zero attached hydrogens (tertiary/aromatic N) is 1. The second kappa shape index (κ2) is 7.81. The lowest BCUT2D eigenvalue weighted by molar-refractivity contribution is -0.135. The second-order valence-corrected chi connectivity index (χ2v) is 5.88. The maximum atomic E-state index is 12.4. The molecule has 1 saturated heterocycles. The standard InChI is InChI=1S/C16H22ClNO4/c1-11-6-12(17)4-5-15(11)22-10-16(19)18-8-14(21-3)7-13(18)9-20-2/h4-6,13-14H,7-10H2,1-3H3/t13-,14-/m0/s1. The highest BCUT2D eigenvalue weighted by Crippen LogP contribution is 2.23. The number of likely N-dealkylation sites (tertiary alicyclic amines) is 1. The van der Waals surface area contributed by atoms with Crippen LogP contribution < -0.4 is 4.74 Å². The summed E-state index contributed by atoms with van der Waals surface area (Å²) in [6.45, 7) is 2.98. The van der Waals surface area contributed by atoms with E-state index in [0.29, 0.717) is 23.9 Å². The van der Waals surface area contributed by atoms with Crippen molar-refractivity contribution in [3.8, 4) is 5.75 Å². The van der Waals surface area contributed by atoms with Crippen molar-refractivity contribution in [1.29, 1.82) is 0 Å². The van der Waals surface area contributed by atoms with E-state index in [-0.39, 0.29) is 24.7 Å². The van der Waals surface area contributed by atoms with Crippen molar-refractivity contribution in [1.82, 2.24) is 4.90 Å². The number of hydrogen-bond donors (Lipinski definition) is 0. The van der Waals surface area contributed by atoms with Crippen LogP contribution in [0.2, 0.25) is 5.02 Å². The number of aryl methyl sites for hydroxylation is 1. The predicted molar refractivity (Wildman–Crippen MR) is 84.5 cm³/mol. The van der Waals surface area contributed by atoms with Crippen LogP contribution in [0.25, 0.3) is 0 Å². The molecule has 1 heterocycles. The summed E-state index contributed by atoms with van der Waals surface area (Å²) in [6, 6.07) is 5.38. The molecule has 0 unspecified atom stereocenters. The minimum absolute atomic E-state index is 0.000872. The van der Waals surface area contributed by atoms with Crippen LogP contribution >= 0.6 is 11.6 Å². The van der Waals surface area contributed by atoms with E-state index in [2.05, 4.69) is 0 Å². The van der Waals surface area contributed by atoms with Crippen LogP contribution in [0.3, 0.4) is 0 Å². The molecule has 1 fully saturated rings. The molecule has 1 aromatic rings. The first-order valence-electron chi connectivity index (χ1n) is 7.25. The van der Waals surface area contributed by atoms with E-state index in [9.17, 15) is 4.79 Å². The monoisotopic (exact) mass is 327 g/mol. The Morgan fingerprint density at radius 3 is 2.82 bits per heavy atom. The Morgan fingerprint density at radius 2 is 2.18 bits per heavy atom. The number of carbonyl (C=O) groups is 1. The minimum atomic E-state index is -0.0593. The highest BCUT2D eigenvalue weighted by molar-refractivity contribution is 6.30. The molecule has 1 aliphatic heterocycles. The third-order valence-corrected chi connectivity index (χ3v) is 4.11. The summed E-state index contributed by atoms with van der Waals surface area (Å²) in [5.74, 6) is 0.611. The molecule has 0 aromatic heterocycles. The molecule has 0 saturated carbocycles. The quantitative estimate of drug-likeness (QED) is 0.804. The second-order valence-electron chi connectivity index (χ2n) is 5.45. The van der Waals surface area contributed by atoms with Crippen LogP contribution in [-0.4, -0.2) is 56.9 Å². The van der Waals surface area contributed by atoms with E-state index in [1.807, 2.05) is 13.0 Å². The SMILES string of the molecule is COC[C@@H]1C[C@H](OC)CN1C(=O)COc1ccc(Cl)cc1C. The Kier molecular flexibility index (Phi) is 6.06. The van der Waals surface area contributed by atoms with Crippen LogP contribution in [-0.2, 0) is 14.3 Å². The van der Waals surface area contributed by atoms with Crippen molar-refractivity contribution >= 4 is 17.5 Å². The Morgan fingerprint density at radius 1 is 1.41 bits per heavy atom. The van der Waals surface area contributed by atoms with Gasteiger partial charge in [-0.25, -0.2) is 0 Å². The molecule has 5 nitrogen and oxygen atoms in total. The summed E-state index contributed by atoms with van der Waals surface area (Å²) in [5, 5.41) is 0.652. The lowest BCUT2D eigenvalue weighted by Crippen LogP contribution is -2.41. The van der Waals surface area contributed by atoms with Gasteiger partial charge in [0.05, 0.1) is 18.8 Å². The van der Waals surface area contributed by atoms with E-state index in [1.165, 1.54) is 0 Å². The van der Waals surface area contributed by atoms with Gasteiger partial charge in [-0.3, -0.25) is 4.79 Å². The summed E-state index contributed by atoms with van der Waals surface area (Å²) in [6.07, 6.45) is 0.845. The third kappa shape index (κ3) is 4.12. The van der Waals surface area contributed by atoms with E-state index < -0.39 is 0 Å². The topological polar surface area (TPSA) is 48.0 Å². The zero-order chi connectivity index (χ0) is 16.1. The van der Waals surface area contributed by atoms with Crippen LogP contribution in [0.15, 0.2) is 18.2 Å². The summed E-state index contributed by atoms with van der Waals surface area (Å²) in [4.78, 5) is 14.2. The molecule has 0 aliphatic carbocycles. The number of methoxy groups -OCH3 is 2. The molecular formula is C16H22ClNO4. The molecule has 1 amide bonds. The van der Waals surface area contributed by atoms with Gasteiger partial charge in [0, 0.05) is 25.8 Å². The number of amides is 1. The van der Waals surface area contributed by atoms with Crippen LogP contribution in [0.4, 0.5) is 0 Å². The Hall–Kier alpha value is -1.30. The lowest BCUT2D eigenvalue weighted by Gasteiger charge is -2.24. The summed E-state index contributed by atoms with van der Waals surface area (Å²) >= 11 is 5.91. The fraction of sp³-hybridized carbons (Fsp3) is 0.562. The first kappa shape index (κ1) is 17.1. The van der Waals surface area contributed by atoms with E-state index in [4.69, 9.17) is 25.8 Å². The normalized spacial score (nSPS) is 21.2. The van der Waals surface area contributed by atoms with Crippen LogP contribution in [0.1, 0.15) is 12.0 Å². The summed E-state index contributed by atoms with van der Waals surface area (Å²) in [5.41, 5.74) is 0.907. The van der Waals surface area contributed by atoms with Crippen molar-refractivity contribution in [2.75, 3.05) is 34.0 Å². The third-order valence-electron chi connectivity index (χ3n) is 3.88. The average molecular weight is 328 g/mol. The largest absolute Gasteiger partial charge is 0.483 e. The predicted octanol–water partition coefficient (Wildman–Crippen LogP) is 2.29. The molecule has 0 N–H and O–H groups in total. The fourth-order valence-corrected chi connectivity index (χ4v) is 2.92. The van der Waals surface area contributed by atoms with Gasteiger partial charge in [0.25, 0.3) is 5.91 Å². The number of carbonyl (C=O) groups excluding carboxylic acids is 1. The Labute approximate surface area is 136 Å². The molecule has 1 aliphatic rings. The van der Waals surface area contributed by atoms with Crippen LogP contribution in [0.5, 0.6) is 5.75 Å². The molecule has 2 atom stereocenters. The smallest absolute Gasteiger partial charge is 0.260 e. The highest BCUT2D eigenvalue weighted by atomic mass is 35.5.